The van der Waals surface area contributed by atoms with Gasteiger partial charge in [-0.3, -0.25) is 10.1 Å². The van der Waals surface area contributed by atoms with Crippen molar-refractivity contribution in [2.45, 2.75) is 32.9 Å². The predicted octanol–water partition coefficient (Wildman–Crippen LogP) is 4.31. The molecule has 1 aromatic carbocycles. The molecule has 8 nitrogen and oxygen atoms in total. The van der Waals surface area contributed by atoms with Crippen molar-refractivity contribution in [1.29, 1.82) is 0 Å². The van der Waals surface area contributed by atoms with Crippen LogP contribution >= 0.6 is 11.3 Å². The number of aryl methyl sites for hydroxylation is 1. The first-order chi connectivity index (χ1) is 11.0. The molecule has 0 saturated heterocycles. The van der Waals surface area contributed by atoms with E-state index in [-0.39, 0.29) is 10.1 Å². The number of nitrogens with zero attached hydrogens (tertiary/aromatic N) is 4. The number of aliphatic hydroxyl groups excluding tert-OH is 1. The Morgan fingerprint density at radius 2 is 2.26 bits per heavy atom. The summed E-state index contributed by atoms with van der Waals surface area (Å²) in [5.74, 6) is 0. The standard InChI is InChI=1S/C14H17N5O3S/c1-3-4-12(20)16-10-5-6-11(9(2)7-10)17-18-14-15-8-13(23-14)19(21)22/h5-8,12,16,20H,3-4H2,1-2H3. The lowest BCUT2D eigenvalue weighted by atomic mass is 10.2. The van der Waals surface area contributed by atoms with Gasteiger partial charge in [0.25, 0.3) is 0 Å². The van der Waals surface area contributed by atoms with Gasteiger partial charge in [0.2, 0.25) is 5.13 Å². The molecule has 0 radical (unpaired) electrons. The maximum Gasteiger partial charge on any atom is 0.345 e. The first-order valence-electron chi connectivity index (χ1n) is 7.06. The van der Waals surface area contributed by atoms with E-state index in [1.54, 1.807) is 12.1 Å². The largest absolute Gasteiger partial charge is 0.374 e. The smallest absolute Gasteiger partial charge is 0.345 e. The van der Waals surface area contributed by atoms with Gasteiger partial charge in [-0.25, -0.2) is 4.98 Å². The second-order valence-corrected chi connectivity index (χ2v) is 5.88. The fourth-order valence-electron chi connectivity index (χ4n) is 1.88. The summed E-state index contributed by atoms with van der Waals surface area (Å²) in [5.41, 5.74) is 2.30. The van der Waals surface area contributed by atoms with Gasteiger partial charge in [-0.2, -0.15) is 0 Å². The SMILES string of the molecule is CCCC(O)Nc1ccc(N=Nc2ncc([N+](=O)[O-])s2)c(C)c1. The van der Waals surface area contributed by atoms with Gasteiger partial charge in [-0.05, 0) is 48.4 Å². The minimum atomic E-state index is -0.581. The Bertz CT molecular complexity index is 716. The highest BCUT2D eigenvalue weighted by atomic mass is 32.1. The Kier molecular flexibility index (Phi) is 5.72. The molecule has 1 heterocycles. The van der Waals surface area contributed by atoms with E-state index in [0.717, 1.165) is 35.2 Å². The van der Waals surface area contributed by atoms with Gasteiger partial charge in [-0.15, -0.1) is 10.2 Å². The van der Waals surface area contributed by atoms with Gasteiger partial charge >= 0.3 is 5.00 Å². The number of nitro groups is 1. The van der Waals surface area contributed by atoms with E-state index in [0.29, 0.717) is 12.1 Å². The zero-order valence-corrected chi connectivity index (χ0v) is 13.6. The molecule has 2 rings (SSSR count). The van der Waals surface area contributed by atoms with Crippen molar-refractivity contribution in [2.24, 2.45) is 10.2 Å². The molecule has 1 unspecified atom stereocenters. The van der Waals surface area contributed by atoms with Crippen molar-refractivity contribution in [2.75, 3.05) is 5.32 Å². The Balaban J connectivity index is 2.08. The van der Waals surface area contributed by atoms with Gasteiger partial charge in [0.15, 0.2) is 0 Å². The van der Waals surface area contributed by atoms with Crippen LogP contribution in [-0.4, -0.2) is 21.2 Å². The number of hydrogen-bond donors (Lipinski definition) is 2. The van der Waals surface area contributed by atoms with Crippen LogP contribution in [0.15, 0.2) is 34.6 Å². The van der Waals surface area contributed by atoms with Crippen molar-refractivity contribution in [1.82, 2.24) is 4.98 Å². The number of hydrogen-bond acceptors (Lipinski definition) is 8. The van der Waals surface area contributed by atoms with Gasteiger partial charge in [-0.1, -0.05) is 13.3 Å². The van der Waals surface area contributed by atoms with Gasteiger partial charge < -0.3 is 10.4 Å². The molecule has 0 aliphatic heterocycles. The molecule has 0 aliphatic carbocycles. The molecule has 9 heteroatoms. The molecule has 23 heavy (non-hydrogen) atoms. The third kappa shape index (κ3) is 4.80. The Hall–Kier alpha value is -2.39. The maximum atomic E-state index is 10.6. The second-order valence-electron chi connectivity index (χ2n) is 4.89. The van der Waals surface area contributed by atoms with Crippen molar-refractivity contribution < 1.29 is 10.0 Å². The highest BCUT2D eigenvalue weighted by molar-refractivity contribution is 7.18. The summed E-state index contributed by atoms with van der Waals surface area (Å²) in [6, 6.07) is 5.42. The van der Waals surface area contributed by atoms with Crippen LogP contribution in [0, 0.1) is 17.0 Å². The summed E-state index contributed by atoms with van der Waals surface area (Å²) in [4.78, 5) is 13.9. The Morgan fingerprint density at radius 3 is 2.87 bits per heavy atom. The normalized spacial score (nSPS) is 12.5. The molecule has 0 spiro atoms. The summed E-state index contributed by atoms with van der Waals surface area (Å²) in [6.07, 6.45) is 2.14. The molecule has 0 aliphatic rings. The van der Waals surface area contributed by atoms with Crippen LogP contribution in [0.4, 0.5) is 21.5 Å². The number of aliphatic hydroxyl groups is 1. The average molecular weight is 335 g/mol. The van der Waals surface area contributed by atoms with E-state index in [9.17, 15) is 15.2 Å². The van der Waals surface area contributed by atoms with Crippen molar-refractivity contribution in [3.05, 3.63) is 40.1 Å². The van der Waals surface area contributed by atoms with Gasteiger partial charge in [0, 0.05) is 5.69 Å². The van der Waals surface area contributed by atoms with Crippen LogP contribution in [0.3, 0.4) is 0 Å². The molecule has 0 fully saturated rings. The molecular weight excluding hydrogens is 318 g/mol. The van der Waals surface area contributed by atoms with Crippen LogP contribution in [-0.2, 0) is 0 Å². The zero-order chi connectivity index (χ0) is 16.8. The second kappa shape index (κ2) is 7.75. The van der Waals surface area contributed by atoms with Gasteiger partial charge in [0.05, 0.1) is 10.6 Å². The number of anilines is 1. The molecule has 2 N–H and O–H groups in total. The summed E-state index contributed by atoms with van der Waals surface area (Å²) >= 11 is 0.867. The molecule has 0 bridgehead atoms. The topological polar surface area (TPSA) is 113 Å². The number of benzene rings is 1. The van der Waals surface area contributed by atoms with E-state index in [1.807, 2.05) is 19.9 Å². The van der Waals surface area contributed by atoms with Crippen LogP contribution in [0.5, 0.6) is 0 Å². The molecular formula is C14H17N5O3S. The molecule has 122 valence electrons. The van der Waals surface area contributed by atoms with E-state index < -0.39 is 11.2 Å². The lowest BCUT2D eigenvalue weighted by Crippen LogP contribution is -2.17. The third-order valence-electron chi connectivity index (χ3n) is 3.00. The molecule has 1 aromatic heterocycles. The van der Waals surface area contributed by atoms with Crippen molar-refractivity contribution >= 4 is 32.8 Å². The summed E-state index contributed by atoms with van der Waals surface area (Å²) in [5, 5.41) is 31.5. The number of azo groups is 1. The van der Waals surface area contributed by atoms with E-state index in [2.05, 4.69) is 20.5 Å². The molecule has 1 atom stereocenters. The van der Waals surface area contributed by atoms with Gasteiger partial charge in [0.1, 0.15) is 12.4 Å². The first-order valence-corrected chi connectivity index (χ1v) is 7.88. The lowest BCUT2D eigenvalue weighted by molar-refractivity contribution is -0.380. The molecule has 2 aromatic rings. The summed E-state index contributed by atoms with van der Waals surface area (Å²) in [7, 11) is 0. The zero-order valence-electron chi connectivity index (χ0n) is 12.8. The minimum absolute atomic E-state index is 0.0693. The van der Waals surface area contributed by atoms with E-state index in [4.69, 9.17) is 0 Å². The van der Waals surface area contributed by atoms with Crippen LogP contribution in [0.2, 0.25) is 0 Å². The fourth-order valence-corrected chi connectivity index (χ4v) is 2.43. The quantitative estimate of drug-likeness (QED) is 0.339. The number of aromatic nitrogens is 1. The Labute approximate surface area is 137 Å². The van der Waals surface area contributed by atoms with Crippen molar-refractivity contribution in [3.63, 3.8) is 0 Å². The molecule has 0 saturated carbocycles. The minimum Gasteiger partial charge on any atom is -0.374 e. The highest BCUT2D eigenvalue weighted by Gasteiger charge is 2.11. The van der Waals surface area contributed by atoms with Crippen LogP contribution in [0.25, 0.3) is 0 Å². The number of nitrogens with one attached hydrogen (secondary N) is 1. The van der Waals surface area contributed by atoms with E-state index in [1.165, 1.54) is 0 Å². The predicted molar refractivity (Wildman–Crippen MR) is 88.7 cm³/mol. The lowest BCUT2D eigenvalue weighted by Gasteiger charge is -2.13. The summed E-state index contributed by atoms with van der Waals surface area (Å²) in [6.45, 7) is 3.87. The Morgan fingerprint density at radius 1 is 1.48 bits per heavy atom. The van der Waals surface area contributed by atoms with E-state index >= 15 is 0 Å². The monoisotopic (exact) mass is 335 g/mol. The van der Waals surface area contributed by atoms with Crippen LogP contribution < -0.4 is 5.32 Å². The summed E-state index contributed by atoms with van der Waals surface area (Å²) < 4.78 is 0. The third-order valence-corrected chi connectivity index (χ3v) is 3.83. The van der Waals surface area contributed by atoms with Crippen molar-refractivity contribution in [3.8, 4) is 0 Å². The number of rotatable bonds is 7. The fraction of sp³-hybridized carbons (Fsp3) is 0.357. The maximum absolute atomic E-state index is 10.6. The first kappa shape index (κ1) is 17.0. The van der Waals surface area contributed by atoms with Crippen LogP contribution in [0.1, 0.15) is 25.3 Å². The molecule has 0 amide bonds. The number of thiazole rings is 1. The highest BCUT2D eigenvalue weighted by Crippen LogP contribution is 2.30. The average Bonchev–Trinajstić information content (AvgIpc) is 2.96.